The number of rotatable bonds is 8. The average molecular weight is 372 g/mol. The van der Waals surface area contributed by atoms with Gasteiger partial charge in [0.15, 0.2) is 6.10 Å². The zero-order valence-electron chi connectivity index (χ0n) is 16.7. The van der Waals surface area contributed by atoms with E-state index in [0.29, 0.717) is 18.5 Å². The van der Waals surface area contributed by atoms with Crippen LogP contribution in [0.3, 0.4) is 0 Å². The van der Waals surface area contributed by atoms with Crippen LogP contribution in [-0.2, 0) is 22.5 Å². The molecule has 6 heteroatoms. The largest absolute Gasteiger partial charge is 0.497 e. The predicted octanol–water partition coefficient (Wildman–Crippen LogP) is 3.04. The first-order valence-corrected chi connectivity index (χ1v) is 9.15. The van der Waals surface area contributed by atoms with E-state index in [1.807, 2.05) is 49.6 Å². The summed E-state index contributed by atoms with van der Waals surface area (Å²) in [6.45, 7) is 8.69. The van der Waals surface area contributed by atoms with Crippen molar-refractivity contribution in [2.75, 3.05) is 13.7 Å². The number of carbonyl (C=O) groups is 2. The van der Waals surface area contributed by atoms with Crippen molar-refractivity contribution in [3.05, 3.63) is 52.8 Å². The van der Waals surface area contributed by atoms with Crippen molar-refractivity contribution in [3.8, 4) is 5.75 Å². The number of hydrogen-bond acceptors (Lipinski definition) is 4. The molecular formula is C21H28N2O4. The zero-order valence-corrected chi connectivity index (χ0v) is 16.7. The van der Waals surface area contributed by atoms with Crippen molar-refractivity contribution in [2.45, 2.75) is 46.8 Å². The molecule has 0 bridgehead atoms. The summed E-state index contributed by atoms with van der Waals surface area (Å²) in [5.41, 5.74) is 3.45. The normalized spacial score (nSPS) is 11.7. The highest BCUT2D eigenvalue weighted by Crippen LogP contribution is 2.17. The van der Waals surface area contributed by atoms with Crippen molar-refractivity contribution in [1.29, 1.82) is 0 Å². The highest BCUT2D eigenvalue weighted by Gasteiger charge is 2.22. The summed E-state index contributed by atoms with van der Waals surface area (Å²) in [6.07, 6.45) is -0.160. The number of hydrogen-bond donors (Lipinski definition) is 1. The third-order valence-electron chi connectivity index (χ3n) is 4.63. The predicted molar refractivity (Wildman–Crippen MR) is 104 cm³/mol. The second kappa shape index (κ2) is 9.26. The molecule has 0 unspecified atom stereocenters. The van der Waals surface area contributed by atoms with Crippen molar-refractivity contribution in [2.24, 2.45) is 0 Å². The summed E-state index contributed by atoms with van der Waals surface area (Å²) in [4.78, 5) is 24.6. The number of ether oxygens (including phenoxy) is 2. The molecule has 0 radical (unpaired) electrons. The van der Waals surface area contributed by atoms with Gasteiger partial charge in [-0.25, -0.2) is 4.79 Å². The fourth-order valence-electron chi connectivity index (χ4n) is 3.04. The molecule has 1 atom stereocenters. The molecular weight excluding hydrogens is 344 g/mol. The fourth-order valence-corrected chi connectivity index (χ4v) is 3.04. The van der Waals surface area contributed by atoms with Gasteiger partial charge in [-0.05, 0) is 57.9 Å². The lowest BCUT2D eigenvalue weighted by Gasteiger charge is -2.14. The Bertz CT molecular complexity index is 793. The van der Waals surface area contributed by atoms with Crippen LogP contribution in [0, 0.1) is 13.8 Å². The van der Waals surface area contributed by atoms with E-state index in [-0.39, 0.29) is 5.91 Å². The van der Waals surface area contributed by atoms with Crippen LogP contribution in [0.15, 0.2) is 30.3 Å². The van der Waals surface area contributed by atoms with Crippen LogP contribution in [0.2, 0.25) is 0 Å². The van der Waals surface area contributed by atoms with Crippen LogP contribution >= 0.6 is 0 Å². The van der Waals surface area contributed by atoms with E-state index in [0.717, 1.165) is 29.2 Å². The van der Waals surface area contributed by atoms with Gasteiger partial charge in [-0.3, -0.25) is 4.79 Å². The lowest BCUT2D eigenvalue weighted by Crippen LogP contribution is -2.37. The third kappa shape index (κ3) is 5.12. The van der Waals surface area contributed by atoms with E-state index >= 15 is 0 Å². The maximum absolute atomic E-state index is 12.4. The van der Waals surface area contributed by atoms with Crippen LogP contribution in [-0.4, -0.2) is 36.2 Å². The molecule has 27 heavy (non-hydrogen) atoms. The highest BCUT2D eigenvalue weighted by atomic mass is 16.5. The minimum absolute atomic E-state index is 0.304. The van der Waals surface area contributed by atoms with E-state index < -0.39 is 12.1 Å². The number of aryl methyl sites for hydroxylation is 1. The Hall–Kier alpha value is -2.76. The minimum Gasteiger partial charge on any atom is -0.497 e. The number of benzene rings is 1. The Morgan fingerprint density at radius 2 is 1.85 bits per heavy atom. The Kier molecular flexibility index (Phi) is 7.05. The number of amides is 1. The quantitative estimate of drug-likeness (QED) is 0.723. The molecule has 2 rings (SSSR count). The first-order chi connectivity index (χ1) is 12.9. The molecule has 0 fully saturated rings. The third-order valence-corrected chi connectivity index (χ3v) is 4.63. The number of esters is 1. The highest BCUT2D eigenvalue weighted by molar-refractivity contribution is 5.93. The molecule has 1 aromatic carbocycles. The molecule has 146 valence electrons. The van der Waals surface area contributed by atoms with Gasteiger partial charge in [0.25, 0.3) is 5.91 Å². The minimum atomic E-state index is -0.849. The molecule has 0 aliphatic carbocycles. The molecule has 1 heterocycles. The van der Waals surface area contributed by atoms with Crippen LogP contribution in [0.5, 0.6) is 5.75 Å². The topological polar surface area (TPSA) is 69.6 Å². The van der Waals surface area contributed by atoms with E-state index in [9.17, 15) is 9.59 Å². The molecule has 0 aliphatic rings. The number of nitrogens with one attached hydrogen (secondary N) is 1. The van der Waals surface area contributed by atoms with Gasteiger partial charge in [0.1, 0.15) is 5.75 Å². The second-order valence-corrected chi connectivity index (χ2v) is 6.47. The molecule has 1 aromatic heterocycles. The number of carbonyl (C=O) groups excluding carboxylic acids is 2. The summed E-state index contributed by atoms with van der Waals surface area (Å²) < 4.78 is 12.5. The van der Waals surface area contributed by atoms with Crippen molar-refractivity contribution < 1.29 is 19.1 Å². The smallest absolute Gasteiger partial charge is 0.340 e. The fraction of sp³-hybridized carbons (Fsp3) is 0.429. The number of aromatic nitrogens is 1. The SMILES string of the molecule is CCn1c(C)cc(C(=O)O[C@H](C)C(=O)NCCc2ccc(OC)cc2)c1C. The average Bonchev–Trinajstić information content (AvgIpc) is 2.95. The van der Waals surface area contributed by atoms with Gasteiger partial charge in [-0.1, -0.05) is 12.1 Å². The van der Waals surface area contributed by atoms with Gasteiger partial charge in [0.05, 0.1) is 12.7 Å². The molecule has 0 spiro atoms. The van der Waals surface area contributed by atoms with E-state index in [2.05, 4.69) is 5.32 Å². The maximum atomic E-state index is 12.4. The van der Waals surface area contributed by atoms with Gasteiger partial charge in [0, 0.05) is 24.5 Å². The summed E-state index contributed by atoms with van der Waals surface area (Å²) in [7, 11) is 1.62. The van der Waals surface area contributed by atoms with E-state index in [4.69, 9.17) is 9.47 Å². The summed E-state index contributed by atoms with van der Waals surface area (Å²) in [6, 6.07) is 9.48. The lowest BCUT2D eigenvalue weighted by molar-refractivity contribution is -0.129. The second-order valence-electron chi connectivity index (χ2n) is 6.47. The number of nitrogens with zero attached hydrogens (tertiary/aromatic N) is 1. The molecule has 6 nitrogen and oxygen atoms in total. The number of methoxy groups -OCH3 is 1. The molecule has 0 aliphatic heterocycles. The monoisotopic (exact) mass is 372 g/mol. The molecule has 2 aromatic rings. The summed E-state index contributed by atoms with van der Waals surface area (Å²) >= 11 is 0. The lowest BCUT2D eigenvalue weighted by atomic mass is 10.1. The van der Waals surface area contributed by atoms with E-state index in [1.54, 1.807) is 20.1 Å². The summed E-state index contributed by atoms with van der Waals surface area (Å²) in [5.74, 6) is 0.0209. The van der Waals surface area contributed by atoms with Crippen LogP contribution < -0.4 is 10.1 Å². The first kappa shape index (κ1) is 20.6. The van der Waals surface area contributed by atoms with Crippen molar-refractivity contribution >= 4 is 11.9 Å². The maximum Gasteiger partial charge on any atom is 0.340 e. The van der Waals surface area contributed by atoms with Crippen LogP contribution in [0.1, 0.15) is 41.2 Å². The van der Waals surface area contributed by atoms with Gasteiger partial charge in [-0.15, -0.1) is 0 Å². The van der Waals surface area contributed by atoms with Crippen LogP contribution in [0.25, 0.3) is 0 Å². The van der Waals surface area contributed by atoms with Crippen molar-refractivity contribution in [1.82, 2.24) is 9.88 Å². The standard InChI is InChI=1S/C21H28N2O4/c1-6-23-14(2)13-19(15(23)3)21(25)27-16(4)20(24)22-12-11-17-7-9-18(26-5)10-8-17/h7-10,13,16H,6,11-12H2,1-5H3,(H,22,24)/t16-/m1/s1. The first-order valence-electron chi connectivity index (χ1n) is 9.15. The molecule has 0 saturated heterocycles. The Balaban J connectivity index is 1.85. The van der Waals surface area contributed by atoms with Gasteiger partial charge >= 0.3 is 5.97 Å². The van der Waals surface area contributed by atoms with Crippen LogP contribution in [0.4, 0.5) is 0 Å². The van der Waals surface area contributed by atoms with Gasteiger partial charge < -0.3 is 19.4 Å². The Morgan fingerprint density at radius 3 is 2.41 bits per heavy atom. The molecule has 1 N–H and O–H groups in total. The van der Waals surface area contributed by atoms with Crippen molar-refractivity contribution in [3.63, 3.8) is 0 Å². The Morgan fingerprint density at radius 1 is 1.19 bits per heavy atom. The van der Waals surface area contributed by atoms with Gasteiger partial charge in [-0.2, -0.15) is 0 Å². The molecule has 1 amide bonds. The molecule has 0 saturated carbocycles. The zero-order chi connectivity index (χ0) is 20.0. The summed E-state index contributed by atoms with van der Waals surface area (Å²) in [5, 5.41) is 2.81. The van der Waals surface area contributed by atoms with E-state index in [1.165, 1.54) is 0 Å². The Labute approximate surface area is 160 Å². The van der Waals surface area contributed by atoms with Gasteiger partial charge in [0.2, 0.25) is 0 Å².